The molecule has 0 fully saturated rings. The van der Waals surface area contributed by atoms with Crippen molar-refractivity contribution in [2.45, 2.75) is 16.7 Å². The third-order valence-electron chi connectivity index (χ3n) is 4.16. The van der Waals surface area contributed by atoms with E-state index in [0.29, 0.717) is 17.2 Å². The summed E-state index contributed by atoms with van der Waals surface area (Å²) in [4.78, 5) is 26.2. The molecule has 0 radical (unpaired) electrons. The highest BCUT2D eigenvalue weighted by molar-refractivity contribution is 7.99. The molecule has 0 saturated heterocycles. The second kappa shape index (κ2) is 11.1. The van der Waals surface area contributed by atoms with E-state index in [-0.39, 0.29) is 6.61 Å². The van der Waals surface area contributed by atoms with Gasteiger partial charge in [-0.15, -0.1) is 0 Å². The van der Waals surface area contributed by atoms with Gasteiger partial charge in [-0.2, -0.15) is 0 Å². The monoisotopic (exact) mass is 437 g/mol. The summed E-state index contributed by atoms with van der Waals surface area (Å²) in [5.74, 6) is -0.119. The van der Waals surface area contributed by atoms with Gasteiger partial charge in [-0.05, 0) is 48.9 Å². The molecule has 160 valence electrons. The molecule has 7 heteroatoms. The predicted molar refractivity (Wildman–Crippen MR) is 120 cm³/mol. The van der Waals surface area contributed by atoms with Crippen LogP contribution in [0.4, 0.5) is 5.69 Å². The van der Waals surface area contributed by atoms with Crippen molar-refractivity contribution in [3.8, 4) is 11.5 Å². The second-order valence-corrected chi connectivity index (χ2v) is 7.68. The lowest BCUT2D eigenvalue weighted by atomic mass is 10.2. The lowest BCUT2D eigenvalue weighted by Gasteiger charge is -2.12. The van der Waals surface area contributed by atoms with Crippen LogP contribution in [-0.2, 0) is 14.3 Å². The summed E-state index contributed by atoms with van der Waals surface area (Å²) < 4.78 is 15.7. The molecule has 31 heavy (non-hydrogen) atoms. The quantitative estimate of drug-likeness (QED) is 0.489. The Morgan fingerprint density at radius 2 is 1.65 bits per heavy atom. The number of rotatable bonds is 9. The number of para-hydroxylation sites is 1. The van der Waals surface area contributed by atoms with Crippen molar-refractivity contribution in [1.29, 1.82) is 0 Å². The summed E-state index contributed by atoms with van der Waals surface area (Å²) in [6.07, 6.45) is 0. The van der Waals surface area contributed by atoms with Crippen molar-refractivity contribution in [2.24, 2.45) is 0 Å². The van der Waals surface area contributed by atoms with Gasteiger partial charge in [0.1, 0.15) is 0 Å². The van der Waals surface area contributed by atoms with Crippen LogP contribution in [0.25, 0.3) is 0 Å². The third kappa shape index (κ3) is 6.79. The first-order chi connectivity index (χ1) is 15.0. The van der Waals surface area contributed by atoms with Crippen molar-refractivity contribution < 1.29 is 23.8 Å². The van der Waals surface area contributed by atoms with Gasteiger partial charge in [-0.25, -0.2) is 4.79 Å². The van der Waals surface area contributed by atoms with Gasteiger partial charge in [0.15, 0.2) is 24.7 Å². The van der Waals surface area contributed by atoms with Crippen molar-refractivity contribution in [3.63, 3.8) is 0 Å². The Balaban J connectivity index is 1.50. The fourth-order valence-corrected chi connectivity index (χ4v) is 3.60. The van der Waals surface area contributed by atoms with E-state index in [1.165, 1.54) is 18.9 Å². The minimum absolute atomic E-state index is 0.326. The topological polar surface area (TPSA) is 73.9 Å². The van der Waals surface area contributed by atoms with E-state index in [0.717, 1.165) is 15.4 Å². The van der Waals surface area contributed by atoms with Gasteiger partial charge >= 0.3 is 5.97 Å². The molecular weight excluding hydrogens is 414 g/mol. The average molecular weight is 438 g/mol. The number of amides is 1. The maximum atomic E-state index is 12.3. The van der Waals surface area contributed by atoms with Crippen LogP contribution in [-0.4, -0.2) is 32.2 Å². The maximum absolute atomic E-state index is 12.3. The fourth-order valence-electron chi connectivity index (χ4n) is 2.68. The zero-order valence-corrected chi connectivity index (χ0v) is 18.1. The maximum Gasteiger partial charge on any atom is 0.344 e. The number of benzene rings is 3. The Hall–Kier alpha value is -3.45. The number of methoxy groups -OCH3 is 1. The number of hydrogen-bond donors (Lipinski definition) is 1. The molecule has 0 aliphatic carbocycles. The fraction of sp³-hybridized carbons (Fsp3) is 0.167. The summed E-state index contributed by atoms with van der Waals surface area (Å²) in [6, 6.07) is 22.7. The van der Waals surface area contributed by atoms with Crippen LogP contribution in [0, 0.1) is 6.92 Å². The van der Waals surface area contributed by atoms with E-state index in [9.17, 15) is 9.59 Å². The molecule has 1 amide bonds. The van der Waals surface area contributed by atoms with Gasteiger partial charge in [-0.3, -0.25) is 4.79 Å². The van der Waals surface area contributed by atoms with Crippen molar-refractivity contribution in [1.82, 2.24) is 0 Å². The van der Waals surface area contributed by atoms with Gasteiger partial charge < -0.3 is 19.5 Å². The van der Waals surface area contributed by atoms with Gasteiger partial charge in [0, 0.05) is 9.79 Å². The SMILES string of the molecule is COc1cc(C)ccc1OCC(=O)OCC(=O)Nc1ccccc1Sc1ccccc1. The highest BCUT2D eigenvalue weighted by Gasteiger charge is 2.13. The summed E-state index contributed by atoms with van der Waals surface area (Å²) in [5.41, 5.74) is 1.66. The first-order valence-electron chi connectivity index (χ1n) is 9.60. The molecule has 0 aliphatic heterocycles. The van der Waals surface area contributed by atoms with E-state index in [1.807, 2.05) is 61.5 Å². The standard InChI is InChI=1S/C24H23NO5S/c1-17-12-13-20(21(14-17)28-2)29-16-24(27)30-15-23(26)25-19-10-6-7-11-22(19)31-18-8-4-3-5-9-18/h3-14H,15-16H2,1-2H3,(H,25,26). The van der Waals surface area contributed by atoms with Crippen LogP contribution >= 0.6 is 11.8 Å². The summed E-state index contributed by atoms with van der Waals surface area (Å²) >= 11 is 1.54. The van der Waals surface area contributed by atoms with E-state index in [4.69, 9.17) is 14.2 Å². The Morgan fingerprint density at radius 3 is 2.42 bits per heavy atom. The second-order valence-electron chi connectivity index (χ2n) is 6.56. The number of anilines is 1. The molecule has 0 spiro atoms. The Labute approximate surface area is 185 Å². The Bertz CT molecular complexity index is 1040. The van der Waals surface area contributed by atoms with Crippen LogP contribution in [0.5, 0.6) is 11.5 Å². The highest BCUT2D eigenvalue weighted by Crippen LogP contribution is 2.33. The molecule has 6 nitrogen and oxygen atoms in total. The van der Waals surface area contributed by atoms with Crippen molar-refractivity contribution >= 4 is 29.3 Å². The highest BCUT2D eigenvalue weighted by atomic mass is 32.2. The zero-order chi connectivity index (χ0) is 22.1. The van der Waals surface area contributed by atoms with Gasteiger partial charge in [-0.1, -0.05) is 48.2 Å². The molecule has 0 saturated carbocycles. The zero-order valence-electron chi connectivity index (χ0n) is 17.3. The number of carbonyl (C=O) groups is 2. The van der Waals surface area contributed by atoms with Crippen LogP contribution < -0.4 is 14.8 Å². The molecule has 3 aromatic rings. The molecule has 0 unspecified atom stereocenters. The molecule has 0 bridgehead atoms. The number of hydrogen-bond acceptors (Lipinski definition) is 6. The molecular formula is C24H23NO5S. The number of carbonyl (C=O) groups excluding carboxylic acids is 2. The minimum Gasteiger partial charge on any atom is -0.493 e. The van der Waals surface area contributed by atoms with Gasteiger partial charge in [0.2, 0.25) is 0 Å². The first kappa shape index (κ1) is 22.2. The smallest absolute Gasteiger partial charge is 0.344 e. The molecule has 0 atom stereocenters. The van der Waals surface area contributed by atoms with Gasteiger partial charge in [0.05, 0.1) is 12.8 Å². The largest absolute Gasteiger partial charge is 0.493 e. The average Bonchev–Trinajstić information content (AvgIpc) is 2.78. The molecule has 1 N–H and O–H groups in total. The molecule has 0 heterocycles. The number of esters is 1. The van der Waals surface area contributed by atoms with Crippen molar-refractivity contribution in [2.75, 3.05) is 25.6 Å². The number of ether oxygens (including phenoxy) is 3. The van der Waals surface area contributed by atoms with Crippen molar-refractivity contribution in [3.05, 3.63) is 78.4 Å². The van der Waals surface area contributed by atoms with Crippen LogP contribution in [0.1, 0.15) is 5.56 Å². The lowest BCUT2D eigenvalue weighted by molar-refractivity contribution is -0.149. The first-order valence-corrected chi connectivity index (χ1v) is 10.4. The Morgan fingerprint density at radius 1 is 0.903 bits per heavy atom. The molecule has 0 aliphatic rings. The predicted octanol–water partition coefficient (Wildman–Crippen LogP) is 4.72. The van der Waals surface area contributed by atoms with E-state index in [2.05, 4.69) is 5.32 Å². The summed E-state index contributed by atoms with van der Waals surface area (Å²) in [5, 5.41) is 2.79. The van der Waals surface area contributed by atoms with Crippen LogP contribution in [0.15, 0.2) is 82.6 Å². The minimum atomic E-state index is -0.648. The Kier molecular flexibility index (Phi) is 7.95. The molecule has 3 aromatic carbocycles. The van der Waals surface area contributed by atoms with Crippen LogP contribution in [0.3, 0.4) is 0 Å². The lowest BCUT2D eigenvalue weighted by Crippen LogP contribution is -2.24. The van der Waals surface area contributed by atoms with E-state index < -0.39 is 18.5 Å². The van der Waals surface area contributed by atoms with Gasteiger partial charge in [0.25, 0.3) is 5.91 Å². The van der Waals surface area contributed by atoms with E-state index in [1.54, 1.807) is 18.2 Å². The van der Waals surface area contributed by atoms with E-state index >= 15 is 0 Å². The van der Waals surface area contributed by atoms with Crippen LogP contribution in [0.2, 0.25) is 0 Å². The summed E-state index contributed by atoms with van der Waals surface area (Å²) in [7, 11) is 1.53. The number of nitrogens with one attached hydrogen (secondary N) is 1. The molecule has 3 rings (SSSR count). The third-order valence-corrected chi connectivity index (χ3v) is 5.24. The molecule has 0 aromatic heterocycles. The normalized spacial score (nSPS) is 10.3. The summed E-state index contributed by atoms with van der Waals surface area (Å²) in [6.45, 7) is 1.19. The number of aryl methyl sites for hydroxylation is 1.